The molecule has 0 spiro atoms. The summed E-state index contributed by atoms with van der Waals surface area (Å²) in [6, 6.07) is 5.58. The van der Waals surface area contributed by atoms with Crippen molar-refractivity contribution in [2.24, 2.45) is 0 Å². The first-order valence-corrected chi connectivity index (χ1v) is 8.81. The van der Waals surface area contributed by atoms with E-state index >= 15 is 0 Å². The predicted octanol–water partition coefficient (Wildman–Crippen LogP) is 4.92. The normalized spacial score (nSPS) is 12.7. The second-order valence-electron chi connectivity index (χ2n) is 4.74. The molecule has 0 amide bonds. The fourth-order valence-electron chi connectivity index (χ4n) is 2.28. The van der Waals surface area contributed by atoms with Gasteiger partial charge in [0.05, 0.1) is 27.0 Å². The first-order chi connectivity index (χ1) is 9.99. The smallest absolute Gasteiger partial charge is 0.0860 e. The minimum absolute atomic E-state index is 0.470. The maximum absolute atomic E-state index is 10.5. The molecule has 0 saturated heterocycles. The summed E-state index contributed by atoms with van der Waals surface area (Å²) in [5.74, 6) is 0. The molecule has 1 N–H and O–H groups in total. The maximum Gasteiger partial charge on any atom is 0.0860 e. The highest BCUT2D eigenvalue weighted by atomic mass is 79.9. The van der Waals surface area contributed by atoms with Crippen molar-refractivity contribution in [3.63, 3.8) is 0 Å². The third-order valence-electron chi connectivity index (χ3n) is 3.42. The van der Waals surface area contributed by atoms with Crippen LogP contribution in [0.25, 0.3) is 0 Å². The largest absolute Gasteiger partial charge is 0.388 e. The quantitative estimate of drug-likeness (QED) is 0.723. The Morgan fingerprint density at radius 1 is 1.33 bits per heavy atom. The standard InChI is InChI=1S/C15H17Br2ClN2O/c1-3-11-14(17)12(20(4-2)19-11)8-13(21)9-6-5-7-10(16)15(9)18/h5-7,13,21H,3-4,8H2,1-2H3. The van der Waals surface area contributed by atoms with Gasteiger partial charge < -0.3 is 5.11 Å². The van der Waals surface area contributed by atoms with Crippen LogP contribution in [-0.4, -0.2) is 14.9 Å². The highest BCUT2D eigenvalue weighted by Gasteiger charge is 2.20. The number of aliphatic hydroxyl groups excluding tert-OH is 1. The van der Waals surface area contributed by atoms with Gasteiger partial charge in [0.2, 0.25) is 0 Å². The van der Waals surface area contributed by atoms with Gasteiger partial charge in [0.25, 0.3) is 0 Å². The fourth-order valence-corrected chi connectivity index (χ4v) is 3.64. The van der Waals surface area contributed by atoms with Crippen LogP contribution >= 0.6 is 43.5 Å². The van der Waals surface area contributed by atoms with Gasteiger partial charge >= 0.3 is 0 Å². The number of aromatic nitrogens is 2. The van der Waals surface area contributed by atoms with E-state index < -0.39 is 6.10 Å². The van der Waals surface area contributed by atoms with Gasteiger partial charge in [-0.05, 0) is 51.3 Å². The Balaban J connectivity index is 2.33. The number of aliphatic hydroxyl groups is 1. The van der Waals surface area contributed by atoms with Crippen molar-refractivity contribution in [1.82, 2.24) is 9.78 Å². The van der Waals surface area contributed by atoms with Gasteiger partial charge in [0.15, 0.2) is 0 Å². The molecule has 1 heterocycles. The molecular weight excluding hydrogens is 419 g/mol. The molecule has 3 nitrogen and oxygen atoms in total. The molecule has 0 aliphatic rings. The zero-order valence-corrected chi connectivity index (χ0v) is 15.8. The van der Waals surface area contributed by atoms with Gasteiger partial charge in [-0.25, -0.2) is 0 Å². The number of nitrogens with zero attached hydrogens (tertiary/aromatic N) is 2. The third kappa shape index (κ3) is 3.52. The van der Waals surface area contributed by atoms with Crippen molar-refractivity contribution in [1.29, 1.82) is 0 Å². The third-order valence-corrected chi connectivity index (χ3v) is 5.65. The number of hydrogen-bond acceptors (Lipinski definition) is 2. The van der Waals surface area contributed by atoms with Crippen LogP contribution in [0.2, 0.25) is 5.02 Å². The predicted molar refractivity (Wildman–Crippen MR) is 92.8 cm³/mol. The Bertz CT molecular complexity index is 643. The second-order valence-corrected chi connectivity index (χ2v) is 6.76. The Kier molecular flexibility index (Phi) is 5.88. The maximum atomic E-state index is 10.5. The lowest BCUT2D eigenvalue weighted by Crippen LogP contribution is -2.09. The van der Waals surface area contributed by atoms with Crippen LogP contribution < -0.4 is 0 Å². The van der Waals surface area contributed by atoms with Crippen LogP contribution in [0.5, 0.6) is 0 Å². The minimum Gasteiger partial charge on any atom is -0.388 e. The molecule has 1 unspecified atom stereocenters. The molecule has 2 rings (SSSR count). The second kappa shape index (κ2) is 7.27. The van der Waals surface area contributed by atoms with Gasteiger partial charge in [0.1, 0.15) is 0 Å². The van der Waals surface area contributed by atoms with Crippen molar-refractivity contribution in [2.45, 2.75) is 39.3 Å². The van der Waals surface area contributed by atoms with Gasteiger partial charge in [-0.2, -0.15) is 5.10 Å². The lowest BCUT2D eigenvalue weighted by Gasteiger charge is -2.14. The van der Waals surface area contributed by atoms with E-state index in [2.05, 4.69) is 43.9 Å². The molecule has 1 aromatic heterocycles. The van der Waals surface area contributed by atoms with E-state index in [0.29, 0.717) is 11.4 Å². The molecule has 21 heavy (non-hydrogen) atoms. The van der Waals surface area contributed by atoms with Crippen molar-refractivity contribution < 1.29 is 5.11 Å². The zero-order chi connectivity index (χ0) is 15.6. The van der Waals surface area contributed by atoms with E-state index in [4.69, 9.17) is 11.6 Å². The highest BCUT2D eigenvalue weighted by molar-refractivity contribution is 9.10. The van der Waals surface area contributed by atoms with Crippen molar-refractivity contribution in [3.8, 4) is 0 Å². The van der Waals surface area contributed by atoms with Crippen LogP contribution in [0, 0.1) is 0 Å². The fraction of sp³-hybridized carbons (Fsp3) is 0.400. The molecule has 0 bridgehead atoms. The van der Waals surface area contributed by atoms with Crippen LogP contribution in [0.4, 0.5) is 0 Å². The number of rotatable bonds is 5. The number of benzene rings is 1. The van der Waals surface area contributed by atoms with E-state index in [0.717, 1.165) is 38.9 Å². The lowest BCUT2D eigenvalue weighted by atomic mass is 10.0. The first-order valence-electron chi connectivity index (χ1n) is 6.85. The topological polar surface area (TPSA) is 38.0 Å². The SMILES string of the molecule is CCc1nn(CC)c(CC(O)c2cccc(Br)c2Cl)c1Br. The van der Waals surface area contributed by atoms with Gasteiger partial charge in [0, 0.05) is 23.0 Å². The summed E-state index contributed by atoms with van der Waals surface area (Å²) in [5, 5.41) is 15.6. The molecule has 2 aromatic rings. The average molecular weight is 437 g/mol. The van der Waals surface area contributed by atoms with Gasteiger partial charge in [-0.15, -0.1) is 0 Å². The van der Waals surface area contributed by atoms with E-state index in [-0.39, 0.29) is 0 Å². The molecule has 1 aromatic carbocycles. The Labute approximate surface area is 146 Å². The number of hydrogen-bond donors (Lipinski definition) is 1. The number of halogens is 3. The summed E-state index contributed by atoms with van der Waals surface area (Å²) in [6.45, 7) is 4.88. The molecule has 0 aliphatic heterocycles. The summed E-state index contributed by atoms with van der Waals surface area (Å²) in [7, 11) is 0. The van der Waals surface area contributed by atoms with E-state index in [9.17, 15) is 5.11 Å². The molecule has 0 saturated carbocycles. The molecular formula is C15H17Br2ClN2O. The summed E-state index contributed by atoms with van der Waals surface area (Å²) in [5.41, 5.74) is 2.73. The molecule has 0 radical (unpaired) electrons. The van der Waals surface area contributed by atoms with Gasteiger partial charge in [-0.1, -0.05) is 30.7 Å². The minimum atomic E-state index is -0.669. The van der Waals surface area contributed by atoms with Crippen LogP contribution in [-0.2, 0) is 19.4 Å². The lowest BCUT2D eigenvalue weighted by molar-refractivity contribution is 0.175. The van der Waals surface area contributed by atoms with E-state index in [1.165, 1.54) is 0 Å². The van der Waals surface area contributed by atoms with Crippen molar-refractivity contribution in [3.05, 3.63) is 49.1 Å². The highest BCUT2D eigenvalue weighted by Crippen LogP contribution is 2.33. The van der Waals surface area contributed by atoms with Crippen LogP contribution in [0.3, 0.4) is 0 Å². The van der Waals surface area contributed by atoms with Crippen LogP contribution in [0.15, 0.2) is 27.1 Å². The van der Waals surface area contributed by atoms with E-state index in [1.807, 2.05) is 29.8 Å². The Morgan fingerprint density at radius 3 is 2.67 bits per heavy atom. The molecule has 114 valence electrons. The van der Waals surface area contributed by atoms with Crippen molar-refractivity contribution >= 4 is 43.5 Å². The summed E-state index contributed by atoms with van der Waals surface area (Å²) < 4.78 is 3.70. The molecule has 0 aliphatic carbocycles. The number of aryl methyl sites for hydroxylation is 2. The van der Waals surface area contributed by atoms with E-state index in [1.54, 1.807) is 0 Å². The zero-order valence-electron chi connectivity index (χ0n) is 11.9. The summed E-state index contributed by atoms with van der Waals surface area (Å²) in [6.07, 6.45) is 0.657. The molecule has 6 heteroatoms. The summed E-state index contributed by atoms with van der Waals surface area (Å²) >= 11 is 13.2. The van der Waals surface area contributed by atoms with Crippen molar-refractivity contribution in [2.75, 3.05) is 0 Å². The Hall–Kier alpha value is -0.360. The Morgan fingerprint density at radius 2 is 2.05 bits per heavy atom. The van der Waals surface area contributed by atoms with Gasteiger partial charge in [-0.3, -0.25) is 4.68 Å². The molecule has 1 atom stereocenters. The van der Waals surface area contributed by atoms with Crippen LogP contribution in [0.1, 0.15) is 36.9 Å². The average Bonchev–Trinajstić information content (AvgIpc) is 2.78. The summed E-state index contributed by atoms with van der Waals surface area (Å²) in [4.78, 5) is 0. The molecule has 0 fully saturated rings. The first kappa shape index (κ1) is 17.0. The monoisotopic (exact) mass is 434 g/mol.